The second-order valence-corrected chi connectivity index (χ2v) is 6.23. The zero-order chi connectivity index (χ0) is 18.0. The average molecular weight is 342 g/mol. The molecule has 2 aromatic rings. The Bertz CT molecular complexity index is 766. The molecule has 25 heavy (non-hydrogen) atoms. The summed E-state index contributed by atoms with van der Waals surface area (Å²) in [5.41, 5.74) is 3.89. The number of carbonyl (C=O) groups excluding carboxylic acids is 1. The summed E-state index contributed by atoms with van der Waals surface area (Å²) in [6.45, 7) is 4.82. The van der Waals surface area contributed by atoms with Gasteiger partial charge in [0.25, 0.3) is 0 Å². The third-order valence-corrected chi connectivity index (χ3v) is 4.32. The van der Waals surface area contributed by atoms with Crippen LogP contribution in [-0.2, 0) is 9.47 Å². The summed E-state index contributed by atoms with van der Waals surface area (Å²) in [5, 5.41) is 10.7. The van der Waals surface area contributed by atoms with E-state index in [9.17, 15) is 9.90 Å². The zero-order valence-corrected chi connectivity index (χ0v) is 14.6. The van der Waals surface area contributed by atoms with E-state index in [1.807, 2.05) is 26.0 Å². The van der Waals surface area contributed by atoms with Crippen LogP contribution >= 0.6 is 0 Å². The molecule has 1 aliphatic rings. The summed E-state index contributed by atoms with van der Waals surface area (Å²) in [6.07, 6.45) is -1.62. The van der Waals surface area contributed by atoms with Crippen LogP contribution < -0.4 is 4.74 Å². The zero-order valence-electron chi connectivity index (χ0n) is 14.6. The quantitative estimate of drug-likeness (QED) is 0.645. The van der Waals surface area contributed by atoms with Crippen molar-refractivity contribution in [2.45, 2.75) is 26.1 Å². The monoisotopic (exact) mass is 342 g/mol. The van der Waals surface area contributed by atoms with Crippen molar-refractivity contribution in [1.82, 2.24) is 0 Å². The molecule has 0 saturated heterocycles. The molecule has 2 aromatic carbocycles. The van der Waals surface area contributed by atoms with E-state index in [1.54, 1.807) is 31.4 Å². The minimum atomic E-state index is -0.931. The van der Waals surface area contributed by atoms with Gasteiger partial charge in [0.1, 0.15) is 18.5 Å². The molecule has 1 aliphatic heterocycles. The second-order valence-electron chi connectivity index (χ2n) is 6.23. The Labute approximate surface area is 147 Å². The number of ether oxygens (including phenoxy) is 3. The number of benzene rings is 2. The van der Waals surface area contributed by atoms with Gasteiger partial charge in [0.05, 0.1) is 12.2 Å². The molecule has 0 aromatic heterocycles. The molecule has 2 atom stereocenters. The van der Waals surface area contributed by atoms with Crippen LogP contribution in [0, 0.1) is 13.8 Å². The maximum atomic E-state index is 12.2. The molecular formula is C20H22O5. The van der Waals surface area contributed by atoms with E-state index in [0.717, 1.165) is 16.7 Å². The lowest BCUT2D eigenvalue weighted by Crippen LogP contribution is -2.11. The van der Waals surface area contributed by atoms with Gasteiger partial charge < -0.3 is 19.3 Å². The molecule has 1 N–H and O–H groups in total. The Morgan fingerprint density at radius 3 is 2.56 bits per heavy atom. The fraction of sp³-hybridized carbons (Fsp3) is 0.350. The van der Waals surface area contributed by atoms with Crippen molar-refractivity contribution in [3.63, 3.8) is 0 Å². The highest BCUT2D eigenvalue weighted by molar-refractivity contribution is 5.95. The number of aliphatic hydroxyl groups excluding tert-OH is 1. The van der Waals surface area contributed by atoms with Gasteiger partial charge in [0, 0.05) is 12.7 Å². The summed E-state index contributed by atoms with van der Waals surface area (Å²) in [5.74, 6) is 0.319. The number of hydrogen-bond acceptors (Lipinski definition) is 5. The summed E-state index contributed by atoms with van der Waals surface area (Å²) in [6, 6.07) is 11.0. The maximum Gasteiger partial charge on any atom is 0.339 e. The van der Waals surface area contributed by atoms with Crippen molar-refractivity contribution < 1.29 is 24.1 Å². The summed E-state index contributed by atoms with van der Waals surface area (Å²) in [4.78, 5) is 12.2. The first kappa shape index (κ1) is 17.5. The Morgan fingerprint density at radius 2 is 1.88 bits per heavy atom. The minimum absolute atomic E-state index is 0.379. The van der Waals surface area contributed by atoms with Gasteiger partial charge in [0.2, 0.25) is 0 Å². The number of carbonyl (C=O) groups is 1. The fourth-order valence-corrected chi connectivity index (χ4v) is 3.15. The number of rotatable bonds is 6. The lowest BCUT2D eigenvalue weighted by molar-refractivity contribution is -0.0103. The largest absolute Gasteiger partial charge is 0.491 e. The second kappa shape index (κ2) is 7.25. The Hall–Kier alpha value is -2.37. The van der Waals surface area contributed by atoms with Gasteiger partial charge in [-0.25, -0.2) is 4.79 Å². The number of aryl methyl sites for hydroxylation is 2. The highest BCUT2D eigenvalue weighted by Crippen LogP contribution is 2.41. The molecule has 1 heterocycles. The molecule has 5 heteroatoms. The highest BCUT2D eigenvalue weighted by atomic mass is 16.6. The lowest BCUT2D eigenvalue weighted by atomic mass is 9.93. The van der Waals surface area contributed by atoms with E-state index in [2.05, 4.69) is 0 Å². The van der Waals surface area contributed by atoms with Crippen LogP contribution in [0.4, 0.5) is 0 Å². The van der Waals surface area contributed by atoms with Crippen LogP contribution in [0.2, 0.25) is 0 Å². The number of hydrogen-bond donors (Lipinski definition) is 1. The van der Waals surface area contributed by atoms with Crippen molar-refractivity contribution >= 4 is 5.97 Å². The molecule has 0 radical (unpaired) electrons. The molecule has 0 aliphatic carbocycles. The summed E-state index contributed by atoms with van der Waals surface area (Å²) in [7, 11) is 1.62. The molecule has 0 fully saturated rings. The van der Waals surface area contributed by atoms with Gasteiger partial charge in [-0.05, 0) is 37.1 Å². The molecule has 0 saturated carbocycles. The molecule has 2 unspecified atom stereocenters. The van der Waals surface area contributed by atoms with E-state index < -0.39 is 12.2 Å². The fourth-order valence-electron chi connectivity index (χ4n) is 3.15. The molecule has 0 spiro atoms. The predicted octanol–water partition coefficient (Wildman–Crippen LogP) is 3.27. The normalized spacial score (nSPS) is 17.1. The van der Waals surface area contributed by atoms with Crippen molar-refractivity contribution in [3.8, 4) is 5.75 Å². The first-order chi connectivity index (χ1) is 12.0. The van der Waals surface area contributed by atoms with E-state index in [-0.39, 0.29) is 5.97 Å². The smallest absolute Gasteiger partial charge is 0.339 e. The third kappa shape index (κ3) is 3.52. The molecule has 0 amide bonds. The molecule has 0 bridgehead atoms. The van der Waals surface area contributed by atoms with E-state index >= 15 is 0 Å². The number of cyclic esters (lactones) is 1. The highest BCUT2D eigenvalue weighted by Gasteiger charge is 2.37. The number of fused-ring (bicyclic) bond motifs is 1. The number of esters is 1. The van der Waals surface area contributed by atoms with Crippen molar-refractivity contribution in [2.24, 2.45) is 0 Å². The van der Waals surface area contributed by atoms with Gasteiger partial charge in [0.15, 0.2) is 6.10 Å². The van der Waals surface area contributed by atoms with Gasteiger partial charge >= 0.3 is 5.97 Å². The van der Waals surface area contributed by atoms with Crippen molar-refractivity contribution in [3.05, 3.63) is 64.2 Å². The minimum Gasteiger partial charge on any atom is -0.491 e. The van der Waals surface area contributed by atoms with Gasteiger partial charge in [-0.3, -0.25) is 0 Å². The number of aliphatic hydroxyl groups is 1. The van der Waals surface area contributed by atoms with Crippen LogP contribution in [0.3, 0.4) is 0 Å². The van der Waals surface area contributed by atoms with Gasteiger partial charge in [-0.2, -0.15) is 0 Å². The SMILES string of the molecule is COCCOc1ccc(C(O)C2OC(=O)c3c(C)cc(C)cc32)cc1. The van der Waals surface area contributed by atoms with Crippen LogP contribution in [0.1, 0.15) is 44.8 Å². The first-order valence-electron chi connectivity index (χ1n) is 8.23. The summed E-state index contributed by atoms with van der Waals surface area (Å²) < 4.78 is 15.9. The summed E-state index contributed by atoms with van der Waals surface area (Å²) >= 11 is 0. The topological polar surface area (TPSA) is 65.0 Å². The van der Waals surface area contributed by atoms with E-state index in [1.165, 1.54) is 0 Å². The van der Waals surface area contributed by atoms with Crippen molar-refractivity contribution in [1.29, 1.82) is 0 Å². The molecular weight excluding hydrogens is 320 g/mol. The molecule has 3 rings (SSSR count). The van der Waals surface area contributed by atoms with Crippen LogP contribution in [0.25, 0.3) is 0 Å². The van der Waals surface area contributed by atoms with Crippen LogP contribution in [0.5, 0.6) is 5.75 Å². The first-order valence-corrected chi connectivity index (χ1v) is 8.23. The third-order valence-electron chi connectivity index (χ3n) is 4.32. The Kier molecular flexibility index (Phi) is 5.06. The molecule has 132 valence electrons. The maximum absolute atomic E-state index is 12.2. The lowest BCUT2D eigenvalue weighted by Gasteiger charge is -2.19. The number of methoxy groups -OCH3 is 1. The van der Waals surface area contributed by atoms with E-state index in [0.29, 0.717) is 30.1 Å². The Morgan fingerprint density at radius 1 is 1.16 bits per heavy atom. The molecule has 5 nitrogen and oxygen atoms in total. The standard InChI is InChI=1S/C20H22O5/c1-12-10-13(2)17-16(11-12)19(25-20(17)22)18(21)14-4-6-15(7-5-14)24-9-8-23-3/h4-7,10-11,18-19,21H,8-9H2,1-3H3. The Balaban J connectivity index is 1.81. The van der Waals surface area contributed by atoms with Crippen LogP contribution in [0.15, 0.2) is 36.4 Å². The predicted molar refractivity (Wildman–Crippen MR) is 92.8 cm³/mol. The van der Waals surface area contributed by atoms with E-state index in [4.69, 9.17) is 14.2 Å². The van der Waals surface area contributed by atoms with Crippen LogP contribution in [-0.4, -0.2) is 31.4 Å². The van der Waals surface area contributed by atoms with Gasteiger partial charge in [-0.15, -0.1) is 0 Å². The average Bonchev–Trinajstić information content (AvgIpc) is 2.92. The van der Waals surface area contributed by atoms with Crippen molar-refractivity contribution in [2.75, 3.05) is 20.3 Å². The van der Waals surface area contributed by atoms with Gasteiger partial charge in [-0.1, -0.05) is 29.8 Å².